The number of anilines is 1. The van der Waals surface area contributed by atoms with Gasteiger partial charge in [-0.05, 0) is 31.2 Å². The molecule has 1 aromatic carbocycles. The first kappa shape index (κ1) is 9.59. The van der Waals surface area contributed by atoms with Gasteiger partial charge in [-0.25, -0.2) is 0 Å². The standard InChI is InChI=1S/C11H9BrN4/c1-6-14-15-11-9(13)5-7-4-8(12)2-3-10(7)16(6)11/h2-5H,13H2,1H3. The lowest BCUT2D eigenvalue weighted by atomic mass is 10.2. The van der Waals surface area contributed by atoms with Gasteiger partial charge in [0.25, 0.3) is 0 Å². The Balaban J connectivity index is 2.62. The van der Waals surface area contributed by atoms with Gasteiger partial charge in [-0.15, -0.1) is 10.2 Å². The lowest BCUT2D eigenvalue weighted by Crippen LogP contribution is -1.96. The van der Waals surface area contributed by atoms with Crippen molar-refractivity contribution < 1.29 is 0 Å². The number of nitrogens with two attached hydrogens (primary N) is 1. The number of nitrogens with zero attached hydrogens (tertiary/aromatic N) is 3. The molecule has 0 radical (unpaired) electrons. The second-order valence-corrected chi connectivity index (χ2v) is 4.62. The summed E-state index contributed by atoms with van der Waals surface area (Å²) < 4.78 is 3.00. The molecule has 0 fully saturated rings. The highest BCUT2D eigenvalue weighted by molar-refractivity contribution is 9.10. The highest BCUT2D eigenvalue weighted by Gasteiger charge is 2.09. The molecule has 0 amide bonds. The second-order valence-electron chi connectivity index (χ2n) is 3.71. The Bertz CT molecular complexity index is 702. The van der Waals surface area contributed by atoms with Crippen LogP contribution in [-0.4, -0.2) is 14.6 Å². The zero-order valence-corrected chi connectivity index (χ0v) is 10.2. The minimum absolute atomic E-state index is 0.645. The van der Waals surface area contributed by atoms with Crippen LogP contribution in [-0.2, 0) is 0 Å². The molecule has 0 aliphatic heterocycles. The number of nitrogen functional groups attached to an aromatic ring is 1. The summed E-state index contributed by atoms with van der Waals surface area (Å²) in [6.45, 7) is 1.92. The number of benzene rings is 1. The van der Waals surface area contributed by atoms with E-state index in [-0.39, 0.29) is 0 Å². The van der Waals surface area contributed by atoms with Crippen LogP contribution in [0.25, 0.3) is 16.6 Å². The van der Waals surface area contributed by atoms with Gasteiger partial charge in [0.15, 0.2) is 5.65 Å². The average molecular weight is 277 g/mol. The Morgan fingerprint density at radius 2 is 2.06 bits per heavy atom. The molecule has 2 aromatic heterocycles. The van der Waals surface area contributed by atoms with Gasteiger partial charge in [0.2, 0.25) is 0 Å². The normalized spacial score (nSPS) is 11.4. The van der Waals surface area contributed by atoms with E-state index in [1.807, 2.05) is 35.6 Å². The van der Waals surface area contributed by atoms with Crippen molar-refractivity contribution in [2.75, 3.05) is 5.73 Å². The quantitative estimate of drug-likeness (QED) is 0.687. The Morgan fingerprint density at radius 1 is 1.25 bits per heavy atom. The van der Waals surface area contributed by atoms with Crippen molar-refractivity contribution in [1.82, 2.24) is 14.6 Å². The van der Waals surface area contributed by atoms with E-state index >= 15 is 0 Å². The summed E-state index contributed by atoms with van der Waals surface area (Å²) in [6, 6.07) is 7.98. The number of aryl methyl sites for hydroxylation is 1. The lowest BCUT2D eigenvalue weighted by molar-refractivity contribution is 1.02. The summed E-state index contributed by atoms with van der Waals surface area (Å²) in [4.78, 5) is 0. The first-order chi connectivity index (χ1) is 7.66. The zero-order valence-electron chi connectivity index (χ0n) is 8.61. The first-order valence-electron chi connectivity index (χ1n) is 4.86. The van der Waals surface area contributed by atoms with Crippen molar-refractivity contribution in [3.8, 4) is 0 Å². The van der Waals surface area contributed by atoms with Gasteiger partial charge in [0.1, 0.15) is 5.82 Å². The molecule has 3 rings (SSSR count). The van der Waals surface area contributed by atoms with Crippen LogP contribution in [0.4, 0.5) is 5.69 Å². The molecule has 0 unspecified atom stereocenters. The van der Waals surface area contributed by atoms with Gasteiger partial charge in [-0.3, -0.25) is 4.40 Å². The first-order valence-corrected chi connectivity index (χ1v) is 5.65. The highest BCUT2D eigenvalue weighted by atomic mass is 79.9. The summed E-state index contributed by atoms with van der Waals surface area (Å²) in [7, 11) is 0. The van der Waals surface area contributed by atoms with Gasteiger partial charge in [0.05, 0.1) is 11.2 Å². The molecule has 2 N–H and O–H groups in total. The topological polar surface area (TPSA) is 56.2 Å². The molecule has 0 saturated heterocycles. The lowest BCUT2D eigenvalue weighted by Gasteiger charge is -2.05. The molecule has 0 bridgehead atoms. The molecular weight excluding hydrogens is 268 g/mol. The molecule has 3 aromatic rings. The zero-order chi connectivity index (χ0) is 11.3. The Kier molecular flexibility index (Phi) is 1.91. The van der Waals surface area contributed by atoms with E-state index in [0.717, 1.165) is 21.2 Å². The van der Waals surface area contributed by atoms with E-state index in [4.69, 9.17) is 5.73 Å². The van der Waals surface area contributed by atoms with Crippen molar-refractivity contribution in [3.05, 3.63) is 34.6 Å². The molecular formula is C11H9BrN4. The van der Waals surface area contributed by atoms with Crippen LogP contribution in [0.15, 0.2) is 28.7 Å². The molecule has 16 heavy (non-hydrogen) atoms. The average Bonchev–Trinajstić information content (AvgIpc) is 2.61. The molecule has 0 spiro atoms. The molecule has 0 aliphatic rings. The third kappa shape index (κ3) is 1.21. The summed E-state index contributed by atoms with van der Waals surface area (Å²) in [5, 5.41) is 9.19. The van der Waals surface area contributed by atoms with Crippen LogP contribution >= 0.6 is 15.9 Å². The van der Waals surface area contributed by atoms with Crippen molar-refractivity contribution in [2.45, 2.75) is 6.92 Å². The highest BCUT2D eigenvalue weighted by Crippen LogP contribution is 2.25. The molecule has 4 nitrogen and oxygen atoms in total. The maximum Gasteiger partial charge on any atom is 0.184 e. The monoisotopic (exact) mass is 276 g/mol. The molecule has 0 aliphatic carbocycles. The number of hydrogen-bond donors (Lipinski definition) is 1. The maximum atomic E-state index is 5.95. The summed E-state index contributed by atoms with van der Waals surface area (Å²) in [5.41, 5.74) is 8.37. The van der Waals surface area contributed by atoms with Crippen molar-refractivity contribution in [1.29, 1.82) is 0 Å². The third-order valence-corrected chi connectivity index (χ3v) is 3.12. The van der Waals surface area contributed by atoms with Crippen molar-refractivity contribution in [2.24, 2.45) is 0 Å². The fourth-order valence-corrected chi connectivity index (χ4v) is 2.29. The van der Waals surface area contributed by atoms with E-state index < -0.39 is 0 Å². The summed E-state index contributed by atoms with van der Waals surface area (Å²) >= 11 is 3.45. The molecule has 5 heteroatoms. The van der Waals surface area contributed by atoms with Gasteiger partial charge in [-0.2, -0.15) is 0 Å². The van der Waals surface area contributed by atoms with Gasteiger partial charge in [0, 0.05) is 9.86 Å². The summed E-state index contributed by atoms with van der Waals surface area (Å²) in [5.74, 6) is 0.842. The largest absolute Gasteiger partial charge is 0.396 e. The van der Waals surface area contributed by atoms with E-state index in [1.54, 1.807) is 0 Å². The fourth-order valence-electron chi connectivity index (χ4n) is 1.91. The number of pyridine rings is 1. The van der Waals surface area contributed by atoms with Crippen LogP contribution in [0.5, 0.6) is 0 Å². The van der Waals surface area contributed by atoms with E-state index in [0.29, 0.717) is 11.3 Å². The second kappa shape index (κ2) is 3.18. The van der Waals surface area contributed by atoms with Gasteiger partial charge in [-0.1, -0.05) is 15.9 Å². The van der Waals surface area contributed by atoms with Crippen LogP contribution in [0.3, 0.4) is 0 Å². The minimum Gasteiger partial charge on any atom is -0.396 e. The number of rotatable bonds is 0. The molecule has 2 heterocycles. The van der Waals surface area contributed by atoms with Crippen molar-refractivity contribution >= 4 is 38.2 Å². The maximum absolute atomic E-state index is 5.95. The van der Waals surface area contributed by atoms with E-state index in [1.165, 1.54) is 0 Å². The van der Waals surface area contributed by atoms with Crippen LogP contribution < -0.4 is 5.73 Å². The molecule has 0 atom stereocenters. The van der Waals surface area contributed by atoms with Crippen molar-refractivity contribution in [3.63, 3.8) is 0 Å². The smallest absolute Gasteiger partial charge is 0.184 e. The number of halogens is 1. The Hall–Kier alpha value is -1.62. The fraction of sp³-hybridized carbons (Fsp3) is 0.0909. The third-order valence-electron chi connectivity index (χ3n) is 2.62. The minimum atomic E-state index is 0.645. The SMILES string of the molecule is Cc1nnc2c(N)cc3cc(Br)ccc3n12. The van der Waals surface area contributed by atoms with E-state index in [9.17, 15) is 0 Å². The predicted molar refractivity (Wildman–Crippen MR) is 67.3 cm³/mol. The van der Waals surface area contributed by atoms with Gasteiger partial charge >= 0.3 is 0 Å². The summed E-state index contributed by atoms with van der Waals surface area (Å²) in [6.07, 6.45) is 0. The number of fused-ring (bicyclic) bond motifs is 3. The molecule has 80 valence electrons. The van der Waals surface area contributed by atoms with Gasteiger partial charge < -0.3 is 5.73 Å². The predicted octanol–water partition coefficient (Wildman–Crippen LogP) is 2.54. The Morgan fingerprint density at radius 3 is 2.88 bits per heavy atom. The van der Waals surface area contributed by atoms with Crippen LogP contribution in [0.1, 0.15) is 5.82 Å². The number of hydrogen-bond acceptors (Lipinski definition) is 3. The van der Waals surface area contributed by atoms with Crippen LogP contribution in [0.2, 0.25) is 0 Å². The number of aromatic nitrogens is 3. The molecule has 0 saturated carbocycles. The van der Waals surface area contributed by atoms with E-state index in [2.05, 4.69) is 26.1 Å². The Labute approximate surface area is 100 Å². The van der Waals surface area contributed by atoms with Crippen LogP contribution in [0, 0.1) is 6.92 Å².